The third kappa shape index (κ3) is 2.88. The Labute approximate surface area is 117 Å². The lowest BCUT2D eigenvalue weighted by molar-refractivity contribution is 0.703. The third-order valence-corrected chi connectivity index (χ3v) is 3.34. The molecule has 0 radical (unpaired) electrons. The van der Waals surface area contributed by atoms with Gasteiger partial charge in [-0.3, -0.25) is 4.79 Å². The SMILES string of the molecule is Cn1ncc(NCc2ccc(Cl)nc2)c(Br)c1=O. The van der Waals surface area contributed by atoms with Crippen molar-refractivity contribution in [3.05, 3.63) is 50.1 Å². The fourth-order valence-corrected chi connectivity index (χ4v) is 1.95. The van der Waals surface area contributed by atoms with E-state index in [4.69, 9.17) is 11.6 Å². The van der Waals surface area contributed by atoms with Crippen LogP contribution in [0.5, 0.6) is 0 Å². The van der Waals surface area contributed by atoms with E-state index in [9.17, 15) is 4.79 Å². The third-order valence-electron chi connectivity index (χ3n) is 2.35. The van der Waals surface area contributed by atoms with Gasteiger partial charge in [0.1, 0.15) is 9.63 Å². The first kappa shape index (κ1) is 13.0. The number of halogens is 2. The number of rotatable bonds is 3. The maximum absolute atomic E-state index is 11.6. The summed E-state index contributed by atoms with van der Waals surface area (Å²) in [5.74, 6) is 0. The largest absolute Gasteiger partial charge is 0.379 e. The van der Waals surface area contributed by atoms with E-state index in [1.807, 2.05) is 6.07 Å². The lowest BCUT2D eigenvalue weighted by Crippen LogP contribution is -2.21. The quantitative estimate of drug-likeness (QED) is 0.877. The molecule has 0 unspecified atom stereocenters. The van der Waals surface area contributed by atoms with E-state index in [0.717, 1.165) is 5.56 Å². The van der Waals surface area contributed by atoms with Crippen LogP contribution in [0.15, 0.2) is 33.8 Å². The zero-order chi connectivity index (χ0) is 13.1. The van der Waals surface area contributed by atoms with E-state index in [1.165, 1.54) is 4.68 Å². The van der Waals surface area contributed by atoms with Crippen LogP contribution < -0.4 is 10.9 Å². The van der Waals surface area contributed by atoms with Crippen molar-refractivity contribution < 1.29 is 0 Å². The normalized spacial score (nSPS) is 10.4. The molecule has 5 nitrogen and oxygen atoms in total. The lowest BCUT2D eigenvalue weighted by atomic mass is 10.3. The Morgan fingerprint density at radius 3 is 2.89 bits per heavy atom. The van der Waals surface area contributed by atoms with Crippen LogP contribution >= 0.6 is 27.5 Å². The molecule has 1 N–H and O–H groups in total. The molecule has 2 rings (SSSR count). The molecule has 0 fully saturated rings. The highest BCUT2D eigenvalue weighted by molar-refractivity contribution is 9.10. The van der Waals surface area contributed by atoms with Crippen molar-refractivity contribution in [3.8, 4) is 0 Å². The lowest BCUT2D eigenvalue weighted by Gasteiger charge is -2.08. The molecule has 0 aliphatic heterocycles. The number of aromatic nitrogens is 3. The van der Waals surface area contributed by atoms with Crippen molar-refractivity contribution in [2.45, 2.75) is 6.54 Å². The van der Waals surface area contributed by atoms with Crippen molar-refractivity contribution in [2.75, 3.05) is 5.32 Å². The molecule has 18 heavy (non-hydrogen) atoms. The van der Waals surface area contributed by atoms with E-state index in [0.29, 0.717) is 21.9 Å². The summed E-state index contributed by atoms with van der Waals surface area (Å²) in [5, 5.41) is 7.51. The molecule has 0 amide bonds. The molecular weight excluding hydrogens is 320 g/mol. The van der Waals surface area contributed by atoms with Crippen molar-refractivity contribution in [3.63, 3.8) is 0 Å². The minimum Gasteiger partial charge on any atom is -0.379 e. The molecule has 0 aliphatic carbocycles. The van der Waals surface area contributed by atoms with Crippen LogP contribution in [0.1, 0.15) is 5.56 Å². The van der Waals surface area contributed by atoms with E-state index in [1.54, 1.807) is 25.5 Å². The summed E-state index contributed by atoms with van der Waals surface area (Å²) in [6.45, 7) is 0.539. The first-order valence-corrected chi connectivity index (χ1v) is 6.31. The van der Waals surface area contributed by atoms with Crippen LogP contribution in [0.3, 0.4) is 0 Å². The minimum atomic E-state index is -0.186. The maximum Gasteiger partial charge on any atom is 0.282 e. The van der Waals surface area contributed by atoms with Gasteiger partial charge in [0.25, 0.3) is 5.56 Å². The number of pyridine rings is 1. The van der Waals surface area contributed by atoms with E-state index in [2.05, 4.69) is 31.3 Å². The molecule has 0 aliphatic rings. The van der Waals surface area contributed by atoms with Crippen LogP contribution in [-0.4, -0.2) is 14.8 Å². The Balaban J connectivity index is 2.13. The summed E-state index contributed by atoms with van der Waals surface area (Å²) in [6, 6.07) is 3.58. The zero-order valence-electron chi connectivity index (χ0n) is 9.52. The summed E-state index contributed by atoms with van der Waals surface area (Å²) < 4.78 is 1.72. The highest BCUT2D eigenvalue weighted by Gasteiger charge is 2.06. The predicted molar refractivity (Wildman–Crippen MR) is 73.8 cm³/mol. The van der Waals surface area contributed by atoms with Crippen molar-refractivity contribution in [1.29, 1.82) is 0 Å². The van der Waals surface area contributed by atoms with Crippen molar-refractivity contribution >= 4 is 33.2 Å². The monoisotopic (exact) mass is 328 g/mol. The topological polar surface area (TPSA) is 59.8 Å². The molecule has 0 spiro atoms. The second kappa shape index (κ2) is 5.49. The number of nitrogens with zero attached hydrogens (tertiary/aromatic N) is 3. The molecule has 0 saturated heterocycles. The maximum atomic E-state index is 11.6. The molecule has 0 bridgehead atoms. The van der Waals surface area contributed by atoms with Gasteiger partial charge in [0.2, 0.25) is 0 Å². The standard InChI is InChI=1S/C11H10BrClN4O/c1-17-11(18)10(12)8(6-16-17)14-4-7-2-3-9(13)15-5-7/h2-3,5-6,14H,4H2,1H3. The Bertz CT molecular complexity index is 611. The predicted octanol–water partition coefficient (Wildman–Crippen LogP) is 2.20. The molecule has 2 heterocycles. The van der Waals surface area contributed by atoms with Gasteiger partial charge in [-0.15, -0.1) is 0 Å². The Kier molecular flexibility index (Phi) is 3.98. The van der Waals surface area contributed by atoms with Gasteiger partial charge in [-0.05, 0) is 27.6 Å². The molecular formula is C11H10BrClN4O. The highest BCUT2D eigenvalue weighted by Crippen LogP contribution is 2.17. The second-order valence-electron chi connectivity index (χ2n) is 3.64. The van der Waals surface area contributed by atoms with Gasteiger partial charge in [-0.2, -0.15) is 5.10 Å². The molecule has 2 aromatic heterocycles. The number of aryl methyl sites for hydroxylation is 1. The molecule has 94 valence electrons. The first-order chi connectivity index (χ1) is 8.58. The number of nitrogens with one attached hydrogen (secondary N) is 1. The number of anilines is 1. The van der Waals surface area contributed by atoms with Gasteiger partial charge in [-0.1, -0.05) is 17.7 Å². The smallest absolute Gasteiger partial charge is 0.282 e. The van der Waals surface area contributed by atoms with Gasteiger partial charge < -0.3 is 5.32 Å². The van der Waals surface area contributed by atoms with Gasteiger partial charge >= 0.3 is 0 Å². The van der Waals surface area contributed by atoms with Crippen LogP contribution in [-0.2, 0) is 13.6 Å². The summed E-state index contributed by atoms with van der Waals surface area (Å²) >= 11 is 8.94. The van der Waals surface area contributed by atoms with E-state index < -0.39 is 0 Å². The van der Waals surface area contributed by atoms with Crippen LogP contribution in [0.2, 0.25) is 5.15 Å². The number of hydrogen-bond donors (Lipinski definition) is 1. The fraction of sp³-hybridized carbons (Fsp3) is 0.182. The summed E-state index contributed by atoms with van der Waals surface area (Å²) in [6.07, 6.45) is 3.27. The highest BCUT2D eigenvalue weighted by atomic mass is 79.9. The molecule has 0 saturated carbocycles. The van der Waals surface area contributed by atoms with E-state index in [-0.39, 0.29) is 5.56 Å². The van der Waals surface area contributed by atoms with Crippen LogP contribution in [0.4, 0.5) is 5.69 Å². The summed E-state index contributed by atoms with van der Waals surface area (Å²) in [4.78, 5) is 15.6. The first-order valence-electron chi connectivity index (χ1n) is 5.14. The van der Waals surface area contributed by atoms with Crippen molar-refractivity contribution in [1.82, 2.24) is 14.8 Å². The molecule has 2 aromatic rings. The minimum absolute atomic E-state index is 0.186. The average molecular weight is 330 g/mol. The fourth-order valence-electron chi connectivity index (χ4n) is 1.34. The van der Waals surface area contributed by atoms with Gasteiger partial charge in [0.05, 0.1) is 11.9 Å². The molecule has 0 aromatic carbocycles. The van der Waals surface area contributed by atoms with Crippen molar-refractivity contribution in [2.24, 2.45) is 7.05 Å². The van der Waals surface area contributed by atoms with Crippen LogP contribution in [0.25, 0.3) is 0 Å². The van der Waals surface area contributed by atoms with Gasteiger partial charge in [0, 0.05) is 19.8 Å². The van der Waals surface area contributed by atoms with Gasteiger partial charge in [-0.25, -0.2) is 9.67 Å². The average Bonchev–Trinajstić information content (AvgIpc) is 2.37. The Morgan fingerprint density at radius 1 is 1.44 bits per heavy atom. The van der Waals surface area contributed by atoms with Crippen LogP contribution in [0, 0.1) is 0 Å². The summed E-state index contributed by atoms with van der Waals surface area (Å²) in [5.41, 5.74) is 1.43. The van der Waals surface area contributed by atoms with E-state index >= 15 is 0 Å². The Hall–Kier alpha value is -1.40. The Morgan fingerprint density at radius 2 is 2.22 bits per heavy atom. The molecule has 7 heteroatoms. The second-order valence-corrected chi connectivity index (χ2v) is 4.82. The zero-order valence-corrected chi connectivity index (χ0v) is 11.9. The summed E-state index contributed by atoms with van der Waals surface area (Å²) in [7, 11) is 1.60. The van der Waals surface area contributed by atoms with Gasteiger partial charge in [0.15, 0.2) is 0 Å². The molecule has 0 atom stereocenters. The number of hydrogen-bond acceptors (Lipinski definition) is 4.